The van der Waals surface area contributed by atoms with Crippen molar-refractivity contribution >= 4 is 5.97 Å². The first-order chi connectivity index (χ1) is 14.6. The molecule has 1 aromatic heterocycles. The van der Waals surface area contributed by atoms with Crippen molar-refractivity contribution in [2.75, 3.05) is 6.61 Å². The Labute approximate surface area is 181 Å². The van der Waals surface area contributed by atoms with Gasteiger partial charge in [-0.2, -0.15) is 0 Å². The molecule has 0 N–H and O–H groups in total. The number of nitrogens with zero attached hydrogens (tertiary/aromatic N) is 2. The summed E-state index contributed by atoms with van der Waals surface area (Å²) in [5.41, 5.74) is 0.868. The SMILES string of the molecule is CCCCCCCCCCOc1cnc(-c2ccc(OC(=O)C(C)CC)cc2)nc1. The number of aromatic nitrogens is 2. The largest absolute Gasteiger partial charge is 0.490 e. The van der Waals surface area contributed by atoms with Gasteiger partial charge in [0.05, 0.1) is 24.9 Å². The molecule has 1 atom stereocenters. The highest BCUT2D eigenvalue weighted by Crippen LogP contribution is 2.21. The van der Waals surface area contributed by atoms with Gasteiger partial charge in [-0.1, -0.05) is 65.7 Å². The molecule has 0 saturated heterocycles. The second-order valence-corrected chi connectivity index (χ2v) is 7.82. The fourth-order valence-electron chi connectivity index (χ4n) is 3.02. The highest BCUT2D eigenvalue weighted by molar-refractivity contribution is 5.74. The zero-order valence-electron chi connectivity index (χ0n) is 18.7. The van der Waals surface area contributed by atoms with Gasteiger partial charge in [-0.3, -0.25) is 4.79 Å². The van der Waals surface area contributed by atoms with E-state index in [0.29, 0.717) is 23.9 Å². The number of carbonyl (C=O) groups is 1. The van der Waals surface area contributed by atoms with Gasteiger partial charge in [0.2, 0.25) is 0 Å². The van der Waals surface area contributed by atoms with Crippen LogP contribution in [-0.2, 0) is 4.79 Å². The summed E-state index contributed by atoms with van der Waals surface area (Å²) in [6.45, 7) is 6.78. The van der Waals surface area contributed by atoms with Crippen LogP contribution in [0.3, 0.4) is 0 Å². The van der Waals surface area contributed by atoms with Gasteiger partial charge in [0.25, 0.3) is 0 Å². The van der Waals surface area contributed by atoms with Crippen LogP contribution in [0.2, 0.25) is 0 Å². The summed E-state index contributed by atoms with van der Waals surface area (Å²) in [4.78, 5) is 20.7. The molecule has 0 aliphatic carbocycles. The maximum Gasteiger partial charge on any atom is 0.314 e. The van der Waals surface area contributed by atoms with Gasteiger partial charge in [0, 0.05) is 5.56 Å². The Kier molecular flexibility index (Phi) is 10.9. The van der Waals surface area contributed by atoms with Crippen LogP contribution in [0.25, 0.3) is 11.4 Å². The van der Waals surface area contributed by atoms with Gasteiger partial charge in [0.1, 0.15) is 5.75 Å². The summed E-state index contributed by atoms with van der Waals surface area (Å²) in [5.74, 6) is 1.54. The highest BCUT2D eigenvalue weighted by atomic mass is 16.5. The third-order valence-corrected chi connectivity index (χ3v) is 5.24. The first kappa shape index (κ1) is 23.8. The van der Waals surface area contributed by atoms with Crippen LogP contribution in [0.15, 0.2) is 36.7 Å². The van der Waals surface area contributed by atoms with Crippen molar-refractivity contribution in [1.82, 2.24) is 9.97 Å². The van der Waals surface area contributed by atoms with Crippen molar-refractivity contribution in [3.8, 4) is 22.9 Å². The Hall–Kier alpha value is -2.43. The molecule has 0 bridgehead atoms. The second kappa shape index (κ2) is 13.7. The number of esters is 1. The molecule has 0 fully saturated rings. The number of benzene rings is 1. The summed E-state index contributed by atoms with van der Waals surface area (Å²) in [7, 11) is 0. The Morgan fingerprint density at radius 3 is 2.07 bits per heavy atom. The topological polar surface area (TPSA) is 61.3 Å². The molecular formula is C25H36N2O3. The zero-order chi connectivity index (χ0) is 21.6. The third kappa shape index (κ3) is 8.52. The molecule has 1 unspecified atom stereocenters. The monoisotopic (exact) mass is 412 g/mol. The fraction of sp³-hybridized carbons (Fsp3) is 0.560. The fourth-order valence-corrected chi connectivity index (χ4v) is 3.02. The van der Waals surface area contributed by atoms with Crippen molar-refractivity contribution in [3.63, 3.8) is 0 Å². The summed E-state index contributed by atoms with van der Waals surface area (Å²) >= 11 is 0. The Morgan fingerprint density at radius 1 is 0.867 bits per heavy atom. The van der Waals surface area contributed by atoms with Crippen LogP contribution >= 0.6 is 0 Å². The van der Waals surface area contributed by atoms with Gasteiger partial charge in [0.15, 0.2) is 11.6 Å². The van der Waals surface area contributed by atoms with Gasteiger partial charge >= 0.3 is 5.97 Å². The van der Waals surface area contributed by atoms with E-state index >= 15 is 0 Å². The predicted octanol–water partition coefficient (Wildman–Crippen LogP) is 6.61. The van der Waals surface area contributed by atoms with Crippen molar-refractivity contribution < 1.29 is 14.3 Å². The number of hydrogen-bond donors (Lipinski definition) is 0. The molecule has 0 saturated carbocycles. The lowest BCUT2D eigenvalue weighted by atomic mass is 10.1. The quantitative estimate of drug-likeness (QED) is 0.198. The molecule has 0 amide bonds. The molecule has 5 nitrogen and oxygen atoms in total. The zero-order valence-corrected chi connectivity index (χ0v) is 18.7. The van der Waals surface area contributed by atoms with E-state index in [4.69, 9.17) is 9.47 Å². The van der Waals surface area contributed by atoms with Crippen molar-refractivity contribution in [3.05, 3.63) is 36.7 Å². The first-order valence-electron chi connectivity index (χ1n) is 11.4. The van der Waals surface area contributed by atoms with Crippen molar-refractivity contribution in [1.29, 1.82) is 0 Å². The molecule has 0 aliphatic heterocycles. The van der Waals surface area contributed by atoms with E-state index in [1.165, 1.54) is 44.9 Å². The number of ether oxygens (including phenoxy) is 2. The summed E-state index contributed by atoms with van der Waals surface area (Å²) in [5, 5.41) is 0. The smallest absolute Gasteiger partial charge is 0.314 e. The highest BCUT2D eigenvalue weighted by Gasteiger charge is 2.13. The van der Waals surface area contributed by atoms with E-state index in [0.717, 1.165) is 18.4 Å². The molecule has 164 valence electrons. The molecule has 30 heavy (non-hydrogen) atoms. The lowest BCUT2D eigenvalue weighted by Gasteiger charge is -2.09. The predicted molar refractivity (Wildman–Crippen MR) is 121 cm³/mol. The first-order valence-corrected chi connectivity index (χ1v) is 11.4. The van der Waals surface area contributed by atoms with Gasteiger partial charge in [-0.25, -0.2) is 9.97 Å². The average molecular weight is 413 g/mol. The van der Waals surface area contributed by atoms with E-state index in [-0.39, 0.29) is 11.9 Å². The second-order valence-electron chi connectivity index (χ2n) is 7.82. The molecule has 0 aliphatic rings. The van der Waals surface area contributed by atoms with Crippen LogP contribution in [-0.4, -0.2) is 22.5 Å². The summed E-state index contributed by atoms with van der Waals surface area (Å²) < 4.78 is 11.1. The van der Waals surface area contributed by atoms with Gasteiger partial charge in [-0.05, 0) is 37.1 Å². The van der Waals surface area contributed by atoms with Crippen molar-refractivity contribution in [2.24, 2.45) is 5.92 Å². The number of carbonyl (C=O) groups excluding carboxylic acids is 1. The molecule has 2 rings (SSSR count). The lowest BCUT2D eigenvalue weighted by molar-refractivity contribution is -0.138. The minimum Gasteiger partial charge on any atom is -0.490 e. The maximum atomic E-state index is 11.9. The Morgan fingerprint density at radius 2 is 1.47 bits per heavy atom. The molecule has 1 aromatic carbocycles. The summed E-state index contributed by atoms with van der Waals surface area (Å²) in [6, 6.07) is 7.25. The van der Waals surface area contributed by atoms with Crippen molar-refractivity contribution in [2.45, 2.75) is 78.6 Å². The van der Waals surface area contributed by atoms with E-state index in [9.17, 15) is 4.79 Å². The van der Waals surface area contributed by atoms with E-state index in [1.807, 2.05) is 26.0 Å². The van der Waals surface area contributed by atoms with Crippen LogP contribution in [0.4, 0.5) is 0 Å². The minimum absolute atomic E-state index is 0.105. The maximum absolute atomic E-state index is 11.9. The summed E-state index contributed by atoms with van der Waals surface area (Å²) in [6.07, 6.45) is 14.4. The standard InChI is InChI=1S/C25H36N2O3/c1-4-6-7-8-9-10-11-12-17-29-23-18-26-24(27-19-23)21-13-15-22(16-14-21)30-25(28)20(3)5-2/h13-16,18-20H,4-12,17H2,1-3H3. The van der Waals surface area contributed by atoms with Gasteiger partial charge in [-0.15, -0.1) is 0 Å². The number of hydrogen-bond acceptors (Lipinski definition) is 5. The van der Waals surface area contributed by atoms with Crippen LogP contribution in [0, 0.1) is 5.92 Å². The number of unbranched alkanes of at least 4 members (excludes halogenated alkanes) is 7. The normalized spacial score (nSPS) is 11.8. The van der Waals surface area contributed by atoms with Gasteiger partial charge < -0.3 is 9.47 Å². The van der Waals surface area contributed by atoms with E-state index < -0.39 is 0 Å². The molecule has 1 heterocycles. The number of rotatable bonds is 14. The molecule has 0 radical (unpaired) electrons. The third-order valence-electron chi connectivity index (χ3n) is 5.24. The Bertz CT molecular complexity index is 729. The minimum atomic E-state index is -0.209. The average Bonchev–Trinajstić information content (AvgIpc) is 2.78. The molecule has 5 heteroatoms. The molecule has 2 aromatic rings. The van der Waals surface area contributed by atoms with Crippen LogP contribution < -0.4 is 9.47 Å². The lowest BCUT2D eigenvalue weighted by Crippen LogP contribution is -2.16. The van der Waals surface area contributed by atoms with Crippen LogP contribution in [0.5, 0.6) is 11.5 Å². The molecular weight excluding hydrogens is 376 g/mol. The molecule has 0 spiro atoms. The van der Waals surface area contributed by atoms with E-state index in [1.54, 1.807) is 24.5 Å². The Balaban J connectivity index is 1.71. The van der Waals surface area contributed by atoms with E-state index in [2.05, 4.69) is 16.9 Å². The van der Waals surface area contributed by atoms with Crippen LogP contribution in [0.1, 0.15) is 78.6 Å².